The van der Waals surface area contributed by atoms with Gasteiger partial charge in [0, 0.05) is 0 Å². The van der Waals surface area contributed by atoms with Crippen molar-refractivity contribution >= 4 is 6.09 Å². The zero-order valence-corrected chi connectivity index (χ0v) is 9.76. The molecule has 3 nitrogen and oxygen atoms in total. The lowest BCUT2D eigenvalue weighted by Gasteiger charge is -1.98. The molecule has 90 valence electrons. The summed E-state index contributed by atoms with van der Waals surface area (Å²) in [7, 11) is 0. The molecule has 0 spiro atoms. The summed E-state index contributed by atoms with van der Waals surface area (Å²) in [5.74, 6) is 0. The summed E-state index contributed by atoms with van der Waals surface area (Å²) >= 11 is 0. The van der Waals surface area contributed by atoms with Gasteiger partial charge in [-0.1, -0.05) is 56.2 Å². The normalized spacial score (nSPS) is 11.4. The van der Waals surface area contributed by atoms with Crippen LogP contribution >= 0.6 is 0 Å². The molecule has 17 heavy (non-hydrogen) atoms. The van der Waals surface area contributed by atoms with Crippen LogP contribution in [0.5, 0.6) is 0 Å². The second kappa shape index (κ2) is 10.2. The summed E-state index contributed by atoms with van der Waals surface area (Å²) in [4.78, 5) is 10.8. The fourth-order valence-corrected chi connectivity index (χ4v) is 0.877. The fourth-order valence-electron chi connectivity index (χ4n) is 0.877. The lowest BCUT2D eigenvalue weighted by atomic mass is 10.2. The molecule has 0 aliphatic heterocycles. The van der Waals surface area contributed by atoms with E-state index in [2.05, 4.69) is 25.1 Å². The topological polar surface area (TPSA) is 38.3 Å². The van der Waals surface area contributed by atoms with Gasteiger partial charge < -0.3 is 4.74 Å². The maximum Gasteiger partial charge on any atom is 0.411 e. The Morgan fingerprint density at radius 3 is 2.59 bits per heavy atom. The molecule has 0 aliphatic carbocycles. The molecule has 0 bridgehead atoms. The van der Waals surface area contributed by atoms with E-state index in [1.165, 1.54) is 6.20 Å². The molecule has 0 saturated carbocycles. The highest BCUT2D eigenvalue weighted by molar-refractivity contribution is 5.68. The molecule has 1 amide bonds. The van der Waals surface area contributed by atoms with Gasteiger partial charge in [0.15, 0.2) is 0 Å². The fraction of sp³-hybridized carbons (Fsp3) is 0.0714. The summed E-state index contributed by atoms with van der Waals surface area (Å²) < 4.78 is 4.77. The predicted molar refractivity (Wildman–Crippen MR) is 71.4 cm³/mol. The molecule has 0 unspecified atom stereocenters. The van der Waals surface area contributed by atoms with E-state index in [-0.39, 0.29) is 6.61 Å². The van der Waals surface area contributed by atoms with E-state index in [4.69, 9.17) is 4.74 Å². The van der Waals surface area contributed by atoms with Crippen molar-refractivity contribution in [2.75, 3.05) is 6.61 Å². The lowest BCUT2D eigenvalue weighted by molar-refractivity contribution is 0.162. The number of hydrogen-bond donors (Lipinski definition) is 1. The smallest absolute Gasteiger partial charge is 0.411 e. The Morgan fingerprint density at radius 1 is 1.24 bits per heavy atom. The van der Waals surface area contributed by atoms with Crippen molar-refractivity contribution in [2.24, 2.45) is 0 Å². The van der Waals surface area contributed by atoms with Gasteiger partial charge in [0.2, 0.25) is 0 Å². The monoisotopic (exact) mass is 231 g/mol. The molecule has 0 saturated heterocycles. The molecular weight excluding hydrogens is 214 g/mol. The van der Waals surface area contributed by atoms with E-state index in [0.29, 0.717) is 0 Å². The summed E-state index contributed by atoms with van der Waals surface area (Å²) in [6.45, 7) is 10.8. The van der Waals surface area contributed by atoms with Crippen molar-refractivity contribution < 1.29 is 9.53 Å². The van der Waals surface area contributed by atoms with Gasteiger partial charge in [-0.05, 0) is 17.8 Å². The lowest BCUT2D eigenvalue weighted by Crippen LogP contribution is -2.17. The van der Waals surface area contributed by atoms with Crippen LogP contribution in [0, 0.1) is 0 Å². The Labute approximate surface area is 102 Å². The predicted octanol–water partition coefficient (Wildman–Crippen LogP) is 3.27. The molecule has 0 rings (SSSR count). The minimum Gasteiger partial charge on any atom is -0.445 e. The van der Waals surface area contributed by atoms with E-state index >= 15 is 0 Å². The molecule has 0 aliphatic rings. The number of ether oxygens (including phenoxy) is 1. The van der Waals surface area contributed by atoms with E-state index in [0.717, 1.165) is 5.57 Å². The van der Waals surface area contributed by atoms with Gasteiger partial charge in [-0.25, -0.2) is 4.79 Å². The van der Waals surface area contributed by atoms with Crippen LogP contribution in [-0.2, 0) is 4.74 Å². The average Bonchev–Trinajstić information content (AvgIpc) is 2.32. The molecule has 0 aromatic rings. The minimum absolute atomic E-state index is 0.207. The number of hydrogen-bond acceptors (Lipinski definition) is 2. The quantitative estimate of drug-likeness (QED) is 0.683. The van der Waals surface area contributed by atoms with Crippen LogP contribution in [-0.4, -0.2) is 12.7 Å². The van der Waals surface area contributed by atoms with E-state index in [1.54, 1.807) is 24.3 Å². The highest BCUT2D eigenvalue weighted by Gasteiger charge is 1.93. The first-order valence-corrected chi connectivity index (χ1v) is 5.07. The largest absolute Gasteiger partial charge is 0.445 e. The first-order valence-electron chi connectivity index (χ1n) is 5.07. The van der Waals surface area contributed by atoms with E-state index in [9.17, 15) is 4.79 Å². The molecular formula is C14H17NO2. The van der Waals surface area contributed by atoms with Crippen molar-refractivity contribution in [3.8, 4) is 0 Å². The summed E-state index contributed by atoms with van der Waals surface area (Å²) in [6, 6.07) is 0. The third-order valence-corrected chi connectivity index (χ3v) is 1.61. The maximum absolute atomic E-state index is 10.8. The van der Waals surface area contributed by atoms with Crippen LogP contribution < -0.4 is 5.32 Å². The van der Waals surface area contributed by atoms with Crippen LogP contribution in [0.3, 0.4) is 0 Å². The standard InChI is InChI=1S/C14H17NO2/c1-4-10-13(5-2)11-8-7-9-12-17-14(16)15-6-3/h4-11H,1-3,12H2,(H,15,16)/b9-7+,11-8+,13-10+. The molecule has 0 fully saturated rings. The van der Waals surface area contributed by atoms with Gasteiger partial charge in [0.05, 0.1) is 0 Å². The number of nitrogens with one attached hydrogen (secondary N) is 1. The molecule has 0 radical (unpaired) electrons. The highest BCUT2D eigenvalue weighted by Crippen LogP contribution is 1.98. The Balaban J connectivity index is 3.95. The molecule has 0 heterocycles. The van der Waals surface area contributed by atoms with E-state index < -0.39 is 6.09 Å². The minimum atomic E-state index is -0.521. The van der Waals surface area contributed by atoms with Gasteiger partial charge in [-0.2, -0.15) is 0 Å². The Kier molecular flexibility index (Phi) is 8.86. The average molecular weight is 231 g/mol. The summed E-state index contributed by atoms with van der Waals surface area (Å²) in [5.41, 5.74) is 0.954. The molecule has 0 aromatic heterocycles. The first-order chi connectivity index (χ1) is 8.24. The second-order valence-corrected chi connectivity index (χ2v) is 2.84. The first kappa shape index (κ1) is 14.7. The number of allylic oxidation sites excluding steroid dienone is 7. The number of rotatable bonds is 7. The van der Waals surface area contributed by atoms with Gasteiger partial charge in [0.25, 0.3) is 0 Å². The Morgan fingerprint density at radius 2 is 2.00 bits per heavy atom. The summed E-state index contributed by atoms with van der Waals surface area (Å²) in [6.07, 6.45) is 13.2. The van der Waals surface area contributed by atoms with Crippen LogP contribution in [0.15, 0.2) is 74.0 Å². The van der Waals surface area contributed by atoms with Gasteiger partial charge >= 0.3 is 6.09 Å². The summed E-state index contributed by atoms with van der Waals surface area (Å²) in [5, 5.41) is 2.30. The number of alkyl carbamates (subject to hydrolysis) is 1. The van der Waals surface area contributed by atoms with Crippen LogP contribution in [0.4, 0.5) is 4.79 Å². The van der Waals surface area contributed by atoms with Crippen molar-refractivity contribution in [1.29, 1.82) is 0 Å². The molecule has 0 atom stereocenters. The molecule has 3 heteroatoms. The van der Waals surface area contributed by atoms with Gasteiger partial charge in [-0.15, -0.1) is 0 Å². The SMILES string of the molecule is C=C/C=C(C=C)/C=C/C=C/COC(=O)NC=C. The van der Waals surface area contributed by atoms with Crippen LogP contribution in [0.25, 0.3) is 0 Å². The zero-order chi connectivity index (χ0) is 12.9. The number of carbonyl (C=O) groups excluding carboxylic acids is 1. The van der Waals surface area contributed by atoms with Crippen molar-refractivity contribution in [2.45, 2.75) is 0 Å². The number of amides is 1. The van der Waals surface area contributed by atoms with Crippen LogP contribution in [0.1, 0.15) is 0 Å². The van der Waals surface area contributed by atoms with Crippen molar-refractivity contribution in [3.05, 3.63) is 74.0 Å². The zero-order valence-electron chi connectivity index (χ0n) is 9.76. The molecule has 0 aromatic carbocycles. The van der Waals surface area contributed by atoms with Crippen molar-refractivity contribution in [3.63, 3.8) is 0 Å². The van der Waals surface area contributed by atoms with Gasteiger partial charge in [0.1, 0.15) is 6.61 Å². The molecule has 1 N–H and O–H groups in total. The second-order valence-electron chi connectivity index (χ2n) is 2.84. The highest BCUT2D eigenvalue weighted by atomic mass is 16.5. The van der Waals surface area contributed by atoms with Crippen LogP contribution in [0.2, 0.25) is 0 Å². The van der Waals surface area contributed by atoms with E-state index in [1.807, 2.05) is 18.2 Å². The maximum atomic E-state index is 10.8. The third-order valence-electron chi connectivity index (χ3n) is 1.61. The third kappa shape index (κ3) is 8.69. The number of carbonyl (C=O) groups is 1. The van der Waals surface area contributed by atoms with Crippen molar-refractivity contribution in [1.82, 2.24) is 5.32 Å². The van der Waals surface area contributed by atoms with Gasteiger partial charge in [-0.3, -0.25) is 5.32 Å². The Hall–Kier alpha value is -2.29. The Bertz CT molecular complexity index is 362.